The average Bonchev–Trinajstić information content (AvgIpc) is 3.33. The maximum Gasteiger partial charge on any atom is 0.266 e. The molecule has 1 heterocycles. The lowest BCUT2D eigenvalue weighted by molar-refractivity contribution is -0.121. The molecule has 0 radical (unpaired) electrons. The normalized spacial score (nSPS) is 27.4. The van der Waals surface area contributed by atoms with E-state index < -0.39 is 15.9 Å². The quantitative estimate of drug-likeness (QED) is 0.740. The van der Waals surface area contributed by atoms with Crippen LogP contribution in [0.4, 0.5) is 5.69 Å². The summed E-state index contributed by atoms with van der Waals surface area (Å²) in [6.45, 7) is 0. The maximum atomic E-state index is 12.6. The van der Waals surface area contributed by atoms with Gasteiger partial charge in [0.1, 0.15) is 4.90 Å². The van der Waals surface area contributed by atoms with E-state index in [4.69, 9.17) is 0 Å². The molecule has 136 valence electrons. The van der Waals surface area contributed by atoms with E-state index in [1.165, 1.54) is 6.07 Å². The molecule has 0 spiro atoms. The molecule has 2 aliphatic rings. The third kappa shape index (κ3) is 4.60. The van der Waals surface area contributed by atoms with Crippen molar-refractivity contribution in [3.8, 4) is 0 Å². The molecule has 1 aliphatic carbocycles. The molecular weight excluding hydrogens is 340 g/mol. The number of fused-ring (bicyclic) bond motifs is 2. The van der Waals surface area contributed by atoms with Crippen LogP contribution in [0.1, 0.15) is 51.4 Å². The highest BCUT2D eigenvalue weighted by Gasteiger charge is 2.43. The van der Waals surface area contributed by atoms with Crippen LogP contribution >= 0.6 is 0 Å². The average molecular weight is 364 g/mol. The molecule has 0 unspecified atom stereocenters. The topological polar surface area (TPSA) is 92.3 Å². The fourth-order valence-electron chi connectivity index (χ4n) is 3.39. The molecule has 6 nitrogen and oxygen atoms in total. The molecule has 25 heavy (non-hydrogen) atoms. The number of hydrogen-bond acceptors (Lipinski definition) is 4. The highest BCUT2D eigenvalue weighted by molar-refractivity contribution is 7.90. The van der Waals surface area contributed by atoms with Crippen molar-refractivity contribution >= 4 is 27.5 Å². The van der Waals surface area contributed by atoms with E-state index in [0.29, 0.717) is 12.3 Å². The van der Waals surface area contributed by atoms with Crippen molar-refractivity contribution in [2.24, 2.45) is 11.8 Å². The highest BCUT2D eigenvalue weighted by Crippen LogP contribution is 2.43. The monoisotopic (exact) mass is 364 g/mol. The molecule has 2 amide bonds. The van der Waals surface area contributed by atoms with Crippen molar-refractivity contribution in [1.82, 2.24) is 4.72 Å². The molecule has 2 atom stereocenters. The van der Waals surface area contributed by atoms with Gasteiger partial charge >= 0.3 is 0 Å². The Kier molecular flexibility index (Phi) is 5.42. The number of carbonyl (C=O) groups is 2. The van der Waals surface area contributed by atoms with E-state index >= 15 is 0 Å². The van der Waals surface area contributed by atoms with Gasteiger partial charge in [0.2, 0.25) is 11.8 Å². The van der Waals surface area contributed by atoms with Crippen LogP contribution in [-0.4, -0.2) is 20.2 Å². The molecule has 1 fully saturated rings. The Morgan fingerprint density at radius 3 is 2.52 bits per heavy atom. The van der Waals surface area contributed by atoms with Gasteiger partial charge in [0.15, 0.2) is 0 Å². The Balaban J connectivity index is 1.82. The number of para-hydroxylation sites is 1. The third-order valence-electron chi connectivity index (χ3n) is 4.92. The first-order valence-corrected chi connectivity index (χ1v) is 10.4. The van der Waals surface area contributed by atoms with Crippen molar-refractivity contribution < 1.29 is 18.0 Å². The second-order valence-electron chi connectivity index (χ2n) is 6.92. The van der Waals surface area contributed by atoms with Gasteiger partial charge in [-0.05, 0) is 37.3 Å². The third-order valence-corrected chi connectivity index (χ3v) is 6.33. The van der Waals surface area contributed by atoms with Crippen LogP contribution in [-0.2, 0) is 19.6 Å². The summed E-state index contributed by atoms with van der Waals surface area (Å²) >= 11 is 0. The van der Waals surface area contributed by atoms with E-state index in [9.17, 15) is 18.0 Å². The molecule has 3 rings (SSSR count). The predicted octanol–water partition coefficient (Wildman–Crippen LogP) is 2.81. The van der Waals surface area contributed by atoms with Gasteiger partial charge in [-0.1, -0.05) is 37.8 Å². The van der Waals surface area contributed by atoms with Crippen LogP contribution in [0.15, 0.2) is 29.2 Å². The number of carbonyl (C=O) groups excluding carboxylic acids is 2. The molecule has 1 aromatic carbocycles. The van der Waals surface area contributed by atoms with Crippen molar-refractivity contribution in [3.05, 3.63) is 24.3 Å². The van der Waals surface area contributed by atoms with E-state index in [1.54, 1.807) is 18.2 Å². The van der Waals surface area contributed by atoms with E-state index in [2.05, 4.69) is 10.0 Å². The summed E-state index contributed by atoms with van der Waals surface area (Å²) in [5.74, 6) is -0.538. The summed E-state index contributed by atoms with van der Waals surface area (Å²) in [5.41, 5.74) is 0.215. The summed E-state index contributed by atoms with van der Waals surface area (Å²) in [6.07, 6.45) is 7.11. The first kappa shape index (κ1) is 17.9. The summed E-state index contributed by atoms with van der Waals surface area (Å²) in [6, 6.07) is 6.18. The van der Waals surface area contributed by atoms with Gasteiger partial charge in [0.25, 0.3) is 10.0 Å². The van der Waals surface area contributed by atoms with Gasteiger partial charge in [-0.3, -0.25) is 9.59 Å². The molecule has 7 heteroatoms. The van der Waals surface area contributed by atoms with Crippen molar-refractivity contribution in [3.63, 3.8) is 0 Å². The fourth-order valence-corrected chi connectivity index (χ4v) is 4.58. The van der Waals surface area contributed by atoms with Gasteiger partial charge in [-0.15, -0.1) is 0 Å². The van der Waals surface area contributed by atoms with Crippen LogP contribution in [0.3, 0.4) is 0 Å². The molecule has 1 saturated carbocycles. The Bertz CT molecular complexity index is 760. The number of sulfonamides is 1. The van der Waals surface area contributed by atoms with Crippen LogP contribution in [0.25, 0.3) is 0 Å². The number of nitrogens with one attached hydrogen (secondary N) is 2. The summed E-state index contributed by atoms with van der Waals surface area (Å²) in [5, 5.41) is 2.67. The first-order chi connectivity index (χ1) is 12.0. The van der Waals surface area contributed by atoms with Gasteiger partial charge in [0.05, 0.1) is 5.69 Å². The zero-order valence-electron chi connectivity index (χ0n) is 14.2. The standard InChI is InChI=1S/C18H24N2O4S/c21-17-11-5-3-1-2-4-8-13-12-14(13)18(22)20-25(23,24)16-10-7-6-9-15(16)19-17/h6-7,9-10,13-14H,1-5,8,11-12H2,(H,19,21)(H,20,22)/t13-,14+/m1/s1. The summed E-state index contributed by atoms with van der Waals surface area (Å²) in [7, 11) is -4.00. The van der Waals surface area contributed by atoms with E-state index in [-0.39, 0.29) is 22.4 Å². The highest BCUT2D eigenvalue weighted by atomic mass is 32.2. The Hall–Kier alpha value is -1.89. The second-order valence-corrected chi connectivity index (χ2v) is 8.57. The van der Waals surface area contributed by atoms with Crippen LogP contribution < -0.4 is 10.0 Å². The van der Waals surface area contributed by atoms with Crippen molar-refractivity contribution in [2.45, 2.75) is 56.3 Å². The van der Waals surface area contributed by atoms with Crippen LogP contribution in [0.5, 0.6) is 0 Å². The molecule has 2 N–H and O–H groups in total. The molecule has 0 saturated heterocycles. The minimum atomic E-state index is -4.00. The van der Waals surface area contributed by atoms with E-state index in [1.807, 2.05) is 0 Å². The number of benzene rings is 1. The Labute approximate surface area is 148 Å². The minimum Gasteiger partial charge on any atom is -0.325 e. The number of amides is 2. The molecule has 1 aliphatic heterocycles. The van der Waals surface area contributed by atoms with E-state index in [0.717, 1.165) is 44.9 Å². The van der Waals surface area contributed by atoms with Gasteiger partial charge in [-0.25, -0.2) is 13.1 Å². The van der Waals surface area contributed by atoms with Crippen LogP contribution in [0.2, 0.25) is 0 Å². The molecule has 1 aromatic rings. The lowest BCUT2D eigenvalue weighted by Crippen LogP contribution is -2.33. The van der Waals surface area contributed by atoms with Gasteiger partial charge < -0.3 is 5.32 Å². The molecule has 0 bridgehead atoms. The van der Waals surface area contributed by atoms with Crippen molar-refractivity contribution in [2.75, 3.05) is 5.32 Å². The van der Waals surface area contributed by atoms with Crippen LogP contribution in [0, 0.1) is 11.8 Å². The SMILES string of the molecule is O=C1CCCCCCC[C@@H]2C[C@@H]2C(=O)NS(=O)(=O)c2ccccc2N1. The minimum absolute atomic E-state index is 0.0685. The summed E-state index contributed by atoms with van der Waals surface area (Å²) in [4.78, 5) is 24.3. The number of rotatable bonds is 0. The number of anilines is 1. The largest absolute Gasteiger partial charge is 0.325 e. The lowest BCUT2D eigenvalue weighted by Gasteiger charge is -2.13. The van der Waals surface area contributed by atoms with Crippen molar-refractivity contribution in [1.29, 1.82) is 0 Å². The smallest absolute Gasteiger partial charge is 0.266 e. The number of hydrogen-bond donors (Lipinski definition) is 2. The first-order valence-electron chi connectivity index (χ1n) is 8.93. The zero-order valence-corrected chi connectivity index (χ0v) is 15.0. The Morgan fingerprint density at radius 2 is 1.68 bits per heavy atom. The zero-order chi connectivity index (χ0) is 17.9. The van der Waals surface area contributed by atoms with Gasteiger partial charge in [0, 0.05) is 12.3 Å². The fraction of sp³-hybridized carbons (Fsp3) is 0.556. The molecule has 0 aromatic heterocycles. The lowest BCUT2D eigenvalue weighted by atomic mass is 10.1. The predicted molar refractivity (Wildman–Crippen MR) is 94.3 cm³/mol. The maximum absolute atomic E-state index is 12.6. The Morgan fingerprint density at radius 1 is 0.960 bits per heavy atom. The second kappa shape index (κ2) is 7.56. The molecular formula is C18H24N2O4S. The van der Waals surface area contributed by atoms with Gasteiger partial charge in [-0.2, -0.15) is 0 Å². The summed E-state index contributed by atoms with van der Waals surface area (Å²) < 4.78 is 27.3.